The fourth-order valence-electron chi connectivity index (χ4n) is 4.13. The number of fused-ring (bicyclic) bond motifs is 2. The molecular formula is C23H28N4O2S2. The number of aryl methyl sites for hydroxylation is 2. The summed E-state index contributed by atoms with van der Waals surface area (Å²) in [6, 6.07) is 3.93. The highest BCUT2D eigenvalue weighted by atomic mass is 32.1. The second-order valence-corrected chi connectivity index (χ2v) is 10.1. The second-order valence-electron chi connectivity index (χ2n) is 8.04. The van der Waals surface area contributed by atoms with E-state index in [9.17, 15) is 9.59 Å². The molecule has 3 aromatic rings. The lowest BCUT2D eigenvalue weighted by Crippen LogP contribution is -2.18. The monoisotopic (exact) mass is 456 g/mol. The van der Waals surface area contributed by atoms with Gasteiger partial charge in [0.05, 0.1) is 11.3 Å². The van der Waals surface area contributed by atoms with Crippen LogP contribution in [0.3, 0.4) is 0 Å². The van der Waals surface area contributed by atoms with Crippen LogP contribution in [0.4, 0.5) is 10.7 Å². The summed E-state index contributed by atoms with van der Waals surface area (Å²) in [6.07, 6.45) is 9.31. The fraction of sp³-hybridized carbons (Fsp3) is 0.435. The molecule has 0 atom stereocenters. The highest BCUT2D eigenvalue weighted by Gasteiger charge is 2.25. The first-order valence-electron chi connectivity index (χ1n) is 10.9. The van der Waals surface area contributed by atoms with E-state index in [0.717, 1.165) is 77.7 Å². The molecule has 5 N–H and O–H groups in total. The van der Waals surface area contributed by atoms with E-state index in [1.807, 2.05) is 12.1 Å². The average molecular weight is 457 g/mol. The predicted octanol–water partition coefficient (Wildman–Crippen LogP) is 5.29. The number of nitrogen functional groups attached to an aromatic ring is 1. The minimum absolute atomic E-state index is 0.313. The van der Waals surface area contributed by atoms with Gasteiger partial charge in [0, 0.05) is 16.0 Å². The number of aromatic nitrogens is 1. The number of anilines is 2. The Bertz CT molecular complexity index is 1130. The van der Waals surface area contributed by atoms with Crippen molar-refractivity contribution in [3.05, 3.63) is 38.7 Å². The first-order valence-corrected chi connectivity index (χ1v) is 12.6. The van der Waals surface area contributed by atoms with Crippen LogP contribution in [0.25, 0.3) is 10.2 Å². The highest BCUT2D eigenvalue weighted by Crippen LogP contribution is 2.38. The number of hydrogen-bond acceptors (Lipinski definition) is 6. The Hall–Kier alpha value is -2.45. The number of pyridine rings is 1. The fourth-order valence-corrected chi connectivity index (χ4v) is 6.43. The zero-order chi connectivity index (χ0) is 22.0. The predicted molar refractivity (Wildman–Crippen MR) is 129 cm³/mol. The summed E-state index contributed by atoms with van der Waals surface area (Å²) in [5.74, 6) is -0.799. The van der Waals surface area contributed by atoms with Crippen molar-refractivity contribution in [3.8, 4) is 0 Å². The second kappa shape index (κ2) is 9.36. The molecule has 3 heterocycles. The quantitative estimate of drug-likeness (QED) is 0.468. The zero-order valence-electron chi connectivity index (χ0n) is 17.8. The van der Waals surface area contributed by atoms with E-state index in [4.69, 9.17) is 16.5 Å². The van der Waals surface area contributed by atoms with Crippen LogP contribution in [0.1, 0.15) is 81.6 Å². The molecule has 0 fully saturated rings. The SMILES string of the molecule is CCCCc1ccc2c(N)c(C(=O)Nc3sc4c(c3C(N)=O)CCCCCC4)sc2n1. The average Bonchev–Trinajstić information content (AvgIpc) is 3.23. The Balaban J connectivity index is 1.65. The molecule has 4 rings (SSSR count). The number of rotatable bonds is 6. The number of nitrogens with zero attached hydrogens (tertiary/aromatic N) is 1. The third-order valence-electron chi connectivity index (χ3n) is 5.79. The lowest BCUT2D eigenvalue weighted by atomic mass is 9.96. The third-order valence-corrected chi connectivity index (χ3v) is 8.11. The van der Waals surface area contributed by atoms with Crippen molar-refractivity contribution in [1.82, 2.24) is 4.98 Å². The summed E-state index contributed by atoms with van der Waals surface area (Å²) in [5.41, 5.74) is 14.9. The molecule has 8 heteroatoms. The van der Waals surface area contributed by atoms with Gasteiger partial charge in [-0.25, -0.2) is 4.98 Å². The van der Waals surface area contributed by atoms with Crippen LogP contribution in [0.5, 0.6) is 0 Å². The number of unbranched alkanes of at least 4 members (excludes halogenated alkanes) is 1. The maximum Gasteiger partial charge on any atom is 0.268 e. The number of thiophene rings is 2. The number of primary amides is 1. The van der Waals surface area contributed by atoms with Crippen LogP contribution < -0.4 is 16.8 Å². The Morgan fingerprint density at radius 2 is 1.90 bits per heavy atom. The Morgan fingerprint density at radius 1 is 1.13 bits per heavy atom. The molecule has 1 aliphatic carbocycles. The molecule has 0 spiro atoms. The van der Waals surface area contributed by atoms with E-state index < -0.39 is 5.91 Å². The van der Waals surface area contributed by atoms with Gasteiger partial charge in [-0.15, -0.1) is 22.7 Å². The minimum Gasteiger partial charge on any atom is -0.397 e. The lowest BCUT2D eigenvalue weighted by molar-refractivity contribution is 0.100. The number of amides is 2. The van der Waals surface area contributed by atoms with Gasteiger partial charge >= 0.3 is 0 Å². The van der Waals surface area contributed by atoms with Gasteiger partial charge in [0.2, 0.25) is 0 Å². The minimum atomic E-state index is -0.486. The van der Waals surface area contributed by atoms with Crippen molar-refractivity contribution in [1.29, 1.82) is 0 Å². The maximum absolute atomic E-state index is 13.1. The lowest BCUT2D eigenvalue weighted by Gasteiger charge is -2.10. The first-order chi connectivity index (χ1) is 15.0. The summed E-state index contributed by atoms with van der Waals surface area (Å²) >= 11 is 2.77. The molecule has 0 unspecified atom stereocenters. The summed E-state index contributed by atoms with van der Waals surface area (Å²) in [6.45, 7) is 2.15. The Morgan fingerprint density at radius 3 is 2.65 bits per heavy atom. The summed E-state index contributed by atoms with van der Waals surface area (Å²) in [4.78, 5) is 32.4. The van der Waals surface area contributed by atoms with Gasteiger partial charge in [-0.2, -0.15) is 0 Å². The Kier molecular flexibility index (Phi) is 6.57. The number of nitrogens with one attached hydrogen (secondary N) is 1. The molecule has 1 aliphatic rings. The van der Waals surface area contributed by atoms with E-state index in [1.54, 1.807) is 0 Å². The molecule has 0 radical (unpaired) electrons. The molecule has 0 aliphatic heterocycles. The molecule has 164 valence electrons. The van der Waals surface area contributed by atoms with Crippen molar-refractivity contribution in [2.45, 2.75) is 64.7 Å². The maximum atomic E-state index is 13.1. The summed E-state index contributed by atoms with van der Waals surface area (Å²) in [5, 5.41) is 4.27. The summed E-state index contributed by atoms with van der Waals surface area (Å²) in [7, 11) is 0. The van der Waals surface area contributed by atoms with E-state index in [2.05, 4.69) is 12.2 Å². The van der Waals surface area contributed by atoms with E-state index >= 15 is 0 Å². The van der Waals surface area contributed by atoms with Gasteiger partial charge in [-0.1, -0.05) is 26.2 Å². The van der Waals surface area contributed by atoms with Crippen LogP contribution >= 0.6 is 22.7 Å². The topological polar surface area (TPSA) is 111 Å². The van der Waals surface area contributed by atoms with Crippen LogP contribution in [0, 0.1) is 0 Å². The van der Waals surface area contributed by atoms with Crippen LogP contribution in [-0.4, -0.2) is 16.8 Å². The van der Waals surface area contributed by atoms with E-state index in [0.29, 0.717) is 21.1 Å². The standard InChI is InChI=1S/C23H28N4O2S2/c1-2-3-8-13-11-12-15-18(24)19(31-22(15)26-13)21(29)27-23-17(20(25)28)14-9-6-4-5-7-10-16(14)30-23/h11-12H,2-10,24H2,1H3,(H2,25,28)(H,27,29). The Labute approximate surface area is 190 Å². The van der Waals surface area contributed by atoms with Crippen molar-refractivity contribution in [2.75, 3.05) is 11.1 Å². The molecule has 0 bridgehead atoms. The van der Waals surface area contributed by atoms with Gasteiger partial charge in [0.1, 0.15) is 14.7 Å². The molecule has 2 amide bonds. The largest absolute Gasteiger partial charge is 0.397 e. The van der Waals surface area contributed by atoms with Crippen LogP contribution in [-0.2, 0) is 19.3 Å². The molecular weight excluding hydrogens is 428 g/mol. The van der Waals surface area contributed by atoms with E-state index in [-0.39, 0.29) is 5.91 Å². The molecule has 3 aromatic heterocycles. The van der Waals surface area contributed by atoms with Crippen molar-refractivity contribution < 1.29 is 9.59 Å². The first kappa shape index (κ1) is 21.8. The molecule has 0 saturated carbocycles. The van der Waals surface area contributed by atoms with Crippen LogP contribution in [0.2, 0.25) is 0 Å². The van der Waals surface area contributed by atoms with Crippen molar-refractivity contribution >= 4 is 55.4 Å². The van der Waals surface area contributed by atoms with Gasteiger partial charge in [-0.05, 0) is 56.2 Å². The molecule has 6 nitrogen and oxygen atoms in total. The number of carbonyl (C=O) groups is 2. The molecule has 31 heavy (non-hydrogen) atoms. The summed E-state index contributed by atoms with van der Waals surface area (Å²) < 4.78 is 0. The van der Waals surface area contributed by atoms with Gasteiger partial charge in [-0.3, -0.25) is 9.59 Å². The molecule has 0 saturated heterocycles. The van der Waals surface area contributed by atoms with Crippen LogP contribution in [0.15, 0.2) is 12.1 Å². The van der Waals surface area contributed by atoms with Crippen molar-refractivity contribution in [3.63, 3.8) is 0 Å². The van der Waals surface area contributed by atoms with Gasteiger partial charge < -0.3 is 16.8 Å². The highest BCUT2D eigenvalue weighted by molar-refractivity contribution is 7.21. The number of hydrogen-bond donors (Lipinski definition) is 3. The number of carbonyl (C=O) groups excluding carboxylic acids is 2. The zero-order valence-corrected chi connectivity index (χ0v) is 19.4. The van der Waals surface area contributed by atoms with Gasteiger partial charge in [0.15, 0.2) is 0 Å². The molecule has 0 aromatic carbocycles. The normalized spacial score (nSPS) is 14.1. The van der Waals surface area contributed by atoms with E-state index in [1.165, 1.54) is 29.1 Å². The van der Waals surface area contributed by atoms with Crippen molar-refractivity contribution in [2.24, 2.45) is 5.73 Å². The third kappa shape index (κ3) is 4.45. The smallest absolute Gasteiger partial charge is 0.268 e. The van der Waals surface area contributed by atoms with Gasteiger partial charge in [0.25, 0.3) is 11.8 Å². The number of nitrogens with two attached hydrogens (primary N) is 2.